The van der Waals surface area contributed by atoms with E-state index < -0.39 is 11.8 Å². The summed E-state index contributed by atoms with van der Waals surface area (Å²) in [6, 6.07) is 14.2. The van der Waals surface area contributed by atoms with Crippen LogP contribution < -0.4 is 30.4 Å². The van der Waals surface area contributed by atoms with Gasteiger partial charge in [0.2, 0.25) is 5.91 Å². The van der Waals surface area contributed by atoms with Gasteiger partial charge in [-0.15, -0.1) is 0 Å². The SMILES string of the molecule is COc1ccccc1C=CC(=O)NC(=S)NNC(=O)COc1ccccc1OC. The highest BCUT2D eigenvalue weighted by Crippen LogP contribution is 2.25. The van der Waals surface area contributed by atoms with E-state index >= 15 is 0 Å². The molecule has 8 nitrogen and oxygen atoms in total. The molecule has 2 rings (SSSR count). The predicted molar refractivity (Wildman–Crippen MR) is 113 cm³/mol. The number of carbonyl (C=O) groups excluding carboxylic acids is 2. The summed E-state index contributed by atoms with van der Waals surface area (Å²) in [6.07, 6.45) is 2.90. The molecular formula is C20H21N3O5S. The fourth-order valence-electron chi connectivity index (χ4n) is 2.20. The molecule has 0 spiro atoms. The molecule has 0 aromatic heterocycles. The van der Waals surface area contributed by atoms with Gasteiger partial charge in [0.1, 0.15) is 5.75 Å². The molecule has 0 fully saturated rings. The van der Waals surface area contributed by atoms with E-state index in [9.17, 15) is 9.59 Å². The van der Waals surface area contributed by atoms with Crippen LogP contribution in [0.25, 0.3) is 6.08 Å². The van der Waals surface area contributed by atoms with Crippen LogP contribution in [0.5, 0.6) is 17.2 Å². The number of hydrazine groups is 1. The lowest BCUT2D eigenvalue weighted by Crippen LogP contribution is -2.49. The summed E-state index contributed by atoms with van der Waals surface area (Å²) in [5.41, 5.74) is 5.50. The minimum absolute atomic E-state index is 0.0645. The van der Waals surface area contributed by atoms with Crippen molar-refractivity contribution in [3.8, 4) is 17.2 Å². The van der Waals surface area contributed by atoms with Crippen LogP contribution >= 0.6 is 12.2 Å². The Morgan fingerprint density at radius 1 is 0.931 bits per heavy atom. The molecule has 0 radical (unpaired) electrons. The summed E-state index contributed by atoms with van der Waals surface area (Å²) in [5.74, 6) is 0.630. The Balaban J connectivity index is 1.75. The molecular weight excluding hydrogens is 394 g/mol. The van der Waals surface area contributed by atoms with Gasteiger partial charge in [0.15, 0.2) is 23.2 Å². The average molecular weight is 415 g/mol. The van der Waals surface area contributed by atoms with E-state index in [1.807, 2.05) is 12.1 Å². The fourth-order valence-corrected chi connectivity index (χ4v) is 2.35. The summed E-state index contributed by atoms with van der Waals surface area (Å²) < 4.78 is 15.7. The first kappa shape index (κ1) is 21.7. The minimum Gasteiger partial charge on any atom is -0.496 e. The van der Waals surface area contributed by atoms with Gasteiger partial charge in [-0.2, -0.15) is 0 Å². The van der Waals surface area contributed by atoms with E-state index in [-0.39, 0.29) is 11.7 Å². The molecule has 0 saturated carbocycles. The second-order valence-corrected chi connectivity index (χ2v) is 5.91. The number of benzene rings is 2. The number of hydrogen-bond donors (Lipinski definition) is 3. The van der Waals surface area contributed by atoms with Crippen LogP contribution in [0.1, 0.15) is 5.56 Å². The zero-order valence-electron chi connectivity index (χ0n) is 15.9. The van der Waals surface area contributed by atoms with Crippen LogP contribution in [-0.4, -0.2) is 37.8 Å². The van der Waals surface area contributed by atoms with Crippen molar-refractivity contribution < 1.29 is 23.8 Å². The van der Waals surface area contributed by atoms with Crippen molar-refractivity contribution in [3.63, 3.8) is 0 Å². The van der Waals surface area contributed by atoms with Crippen molar-refractivity contribution in [2.45, 2.75) is 0 Å². The summed E-state index contributed by atoms with van der Waals surface area (Å²) in [6.45, 7) is -0.266. The van der Waals surface area contributed by atoms with Crippen molar-refractivity contribution in [1.82, 2.24) is 16.2 Å². The van der Waals surface area contributed by atoms with Crippen LogP contribution in [0, 0.1) is 0 Å². The average Bonchev–Trinajstić information content (AvgIpc) is 2.75. The summed E-state index contributed by atoms with van der Waals surface area (Å²) >= 11 is 4.97. The number of amides is 2. The molecule has 152 valence electrons. The van der Waals surface area contributed by atoms with Crippen LogP contribution in [0.2, 0.25) is 0 Å². The Labute approximate surface area is 173 Å². The second-order valence-electron chi connectivity index (χ2n) is 5.51. The number of carbonyl (C=O) groups is 2. The summed E-state index contributed by atoms with van der Waals surface area (Å²) in [4.78, 5) is 23.8. The Hall–Kier alpha value is -3.59. The van der Waals surface area contributed by atoms with E-state index in [1.165, 1.54) is 13.2 Å². The van der Waals surface area contributed by atoms with Gasteiger partial charge in [-0.1, -0.05) is 30.3 Å². The van der Waals surface area contributed by atoms with Crippen LogP contribution in [0.15, 0.2) is 54.6 Å². The summed E-state index contributed by atoms with van der Waals surface area (Å²) in [5, 5.41) is 2.35. The lowest BCUT2D eigenvalue weighted by atomic mass is 10.2. The zero-order chi connectivity index (χ0) is 21.1. The van der Waals surface area contributed by atoms with Gasteiger partial charge >= 0.3 is 0 Å². The van der Waals surface area contributed by atoms with Gasteiger partial charge in [0, 0.05) is 11.6 Å². The maximum atomic E-state index is 11.9. The highest BCUT2D eigenvalue weighted by atomic mass is 32.1. The highest BCUT2D eigenvalue weighted by molar-refractivity contribution is 7.80. The molecule has 3 N–H and O–H groups in total. The number of nitrogens with one attached hydrogen (secondary N) is 3. The molecule has 2 amide bonds. The van der Waals surface area contributed by atoms with Crippen molar-refractivity contribution in [3.05, 3.63) is 60.2 Å². The van der Waals surface area contributed by atoms with E-state index in [4.69, 9.17) is 26.4 Å². The van der Waals surface area contributed by atoms with Crippen LogP contribution in [-0.2, 0) is 9.59 Å². The third-order valence-electron chi connectivity index (χ3n) is 3.53. The number of thiocarbonyl (C=S) groups is 1. The first-order valence-corrected chi connectivity index (χ1v) is 8.91. The maximum absolute atomic E-state index is 11.9. The largest absolute Gasteiger partial charge is 0.496 e. The molecule has 0 unspecified atom stereocenters. The molecule has 9 heteroatoms. The maximum Gasteiger partial charge on any atom is 0.276 e. The minimum atomic E-state index is -0.489. The van der Waals surface area contributed by atoms with E-state index in [0.717, 1.165) is 5.56 Å². The molecule has 0 atom stereocenters. The topological polar surface area (TPSA) is 97.9 Å². The molecule has 2 aromatic carbocycles. The van der Waals surface area contributed by atoms with Gasteiger partial charge in [0.05, 0.1) is 14.2 Å². The number of para-hydroxylation sites is 3. The number of methoxy groups -OCH3 is 2. The fraction of sp³-hybridized carbons (Fsp3) is 0.150. The van der Waals surface area contributed by atoms with Crippen LogP contribution in [0.4, 0.5) is 0 Å². The summed E-state index contributed by atoms with van der Waals surface area (Å²) in [7, 11) is 3.05. The number of hydrogen-bond acceptors (Lipinski definition) is 6. The quantitative estimate of drug-likeness (QED) is 0.360. The van der Waals surface area contributed by atoms with Gasteiger partial charge < -0.3 is 14.2 Å². The molecule has 0 saturated heterocycles. The van der Waals surface area contributed by atoms with E-state index in [1.54, 1.807) is 49.6 Å². The Morgan fingerprint density at radius 3 is 2.24 bits per heavy atom. The third kappa shape index (κ3) is 7.15. The lowest BCUT2D eigenvalue weighted by Gasteiger charge is -2.12. The molecule has 29 heavy (non-hydrogen) atoms. The normalized spacial score (nSPS) is 10.1. The van der Waals surface area contributed by atoms with E-state index in [0.29, 0.717) is 17.2 Å². The molecule has 2 aromatic rings. The molecule has 0 aliphatic carbocycles. The van der Waals surface area contributed by atoms with Gasteiger partial charge in [-0.05, 0) is 36.5 Å². The molecule has 0 heterocycles. The monoisotopic (exact) mass is 415 g/mol. The lowest BCUT2D eigenvalue weighted by molar-refractivity contribution is -0.123. The van der Waals surface area contributed by atoms with Gasteiger partial charge in [-0.25, -0.2) is 0 Å². The Bertz CT molecular complexity index is 901. The number of ether oxygens (including phenoxy) is 3. The van der Waals surface area contributed by atoms with Crippen LogP contribution in [0.3, 0.4) is 0 Å². The molecule has 0 aliphatic heterocycles. The van der Waals surface area contributed by atoms with E-state index in [2.05, 4.69) is 16.2 Å². The highest BCUT2D eigenvalue weighted by Gasteiger charge is 2.08. The third-order valence-corrected chi connectivity index (χ3v) is 3.74. The van der Waals surface area contributed by atoms with Gasteiger partial charge in [0.25, 0.3) is 5.91 Å². The van der Waals surface area contributed by atoms with Crippen molar-refractivity contribution >= 4 is 35.2 Å². The van der Waals surface area contributed by atoms with Crippen molar-refractivity contribution in [2.24, 2.45) is 0 Å². The first-order valence-electron chi connectivity index (χ1n) is 8.50. The number of rotatable bonds is 7. The van der Waals surface area contributed by atoms with Gasteiger partial charge in [-0.3, -0.25) is 25.8 Å². The smallest absolute Gasteiger partial charge is 0.276 e. The predicted octanol–water partition coefficient (Wildman–Crippen LogP) is 1.82. The molecule has 0 aliphatic rings. The Morgan fingerprint density at radius 2 is 1.55 bits per heavy atom. The molecule has 0 bridgehead atoms. The zero-order valence-corrected chi connectivity index (χ0v) is 16.7. The standard InChI is InChI=1S/C20H21N3O5S/c1-26-15-8-4-3-7-14(15)11-12-18(24)21-20(29)23-22-19(25)13-28-17-10-6-5-9-16(17)27-2/h3-12H,13H2,1-2H3,(H,22,25)(H2,21,23,24,29). The first-order chi connectivity index (χ1) is 14.0. The second kappa shape index (κ2) is 11.3. The van der Waals surface area contributed by atoms with Crippen molar-refractivity contribution in [2.75, 3.05) is 20.8 Å². The van der Waals surface area contributed by atoms with Crippen molar-refractivity contribution in [1.29, 1.82) is 0 Å². The Kier molecular flexibility index (Phi) is 8.46.